The summed E-state index contributed by atoms with van der Waals surface area (Å²) in [6.45, 7) is 3.59. The van der Waals surface area contributed by atoms with Crippen molar-refractivity contribution in [3.63, 3.8) is 0 Å². The summed E-state index contributed by atoms with van der Waals surface area (Å²) < 4.78 is 5.24. The first-order valence-electron chi connectivity index (χ1n) is 12.0. The number of carbonyl (C=O) groups excluding carboxylic acids is 2. The van der Waals surface area contributed by atoms with Crippen LogP contribution in [0.25, 0.3) is 11.0 Å². The lowest BCUT2D eigenvalue weighted by molar-refractivity contribution is -0.148. The molecule has 0 aliphatic carbocycles. The minimum atomic E-state index is -1.12. The molecule has 1 aromatic heterocycles. The number of carbonyl (C=O) groups is 2. The number of nitrogens with one attached hydrogen (secondary N) is 1. The van der Waals surface area contributed by atoms with Gasteiger partial charge in [0.25, 0.3) is 0 Å². The number of hydrogen-bond acceptors (Lipinski definition) is 7. The summed E-state index contributed by atoms with van der Waals surface area (Å²) in [7, 11) is 0. The summed E-state index contributed by atoms with van der Waals surface area (Å²) in [4.78, 5) is 37.0. The molecule has 2 heterocycles. The summed E-state index contributed by atoms with van der Waals surface area (Å²) in [6, 6.07) is 19.4. The topological polar surface area (TPSA) is 108 Å². The number of esters is 1. The maximum atomic E-state index is 13.1. The Morgan fingerprint density at radius 2 is 1.86 bits per heavy atom. The second-order valence-corrected chi connectivity index (χ2v) is 8.55. The minimum Gasteiger partial charge on any atom is -0.466 e. The molecule has 8 nitrogen and oxygen atoms in total. The third-order valence-corrected chi connectivity index (χ3v) is 6.14. The fourth-order valence-corrected chi connectivity index (χ4v) is 4.37. The molecule has 3 aromatic rings. The molecule has 0 unspecified atom stereocenters. The second-order valence-electron chi connectivity index (χ2n) is 8.55. The molecule has 1 fully saturated rings. The van der Waals surface area contributed by atoms with Crippen molar-refractivity contribution in [1.82, 2.24) is 15.3 Å². The molecule has 1 saturated heterocycles. The van der Waals surface area contributed by atoms with Gasteiger partial charge in [-0.2, -0.15) is 5.26 Å². The van der Waals surface area contributed by atoms with Crippen LogP contribution in [0.15, 0.2) is 54.6 Å². The van der Waals surface area contributed by atoms with Crippen molar-refractivity contribution >= 4 is 28.7 Å². The van der Waals surface area contributed by atoms with E-state index in [1.165, 1.54) is 0 Å². The van der Waals surface area contributed by atoms with Gasteiger partial charge in [-0.25, -0.2) is 9.97 Å². The molecule has 2 aromatic carbocycles. The van der Waals surface area contributed by atoms with E-state index < -0.39 is 11.8 Å². The van der Waals surface area contributed by atoms with Crippen LogP contribution in [0.4, 0.5) is 5.82 Å². The largest absolute Gasteiger partial charge is 0.466 e. The van der Waals surface area contributed by atoms with E-state index in [1.54, 1.807) is 6.92 Å². The average Bonchev–Trinajstić information content (AvgIpc) is 2.89. The molecule has 35 heavy (non-hydrogen) atoms. The third kappa shape index (κ3) is 5.75. The van der Waals surface area contributed by atoms with Crippen molar-refractivity contribution in [1.29, 1.82) is 5.26 Å². The van der Waals surface area contributed by atoms with E-state index >= 15 is 0 Å². The Kier molecular flexibility index (Phi) is 7.88. The fraction of sp³-hybridized carbons (Fsp3) is 0.370. The number of rotatable bonds is 8. The van der Waals surface area contributed by atoms with E-state index in [0.717, 1.165) is 18.4 Å². The standard InChI is InChI=1S/C27H29N5O3/c1-2-35-27(34)20-11-8-16-32(18-20)25-24(30-22-12-6-7-13-23(22)31-25)21(17-28)26(33)29-15-14-19-9-4-3-5-10-19/h3-7,9-10,12-13,20-21H,2,8,11,14-16,18H2,1H3,(H,29,33)/t20-,21+/m1/s1. The Hall–Kier alpha value is -3.99. The van der Waals surface area contributed by atoms with Crippen LogP contribution in [-0.2, 0) is 20.7 Å². The zero-order chi connectivity index (χ0) is 24.6. The molecular formula is C27H29N5O3. The molecule has 0 spiro atoms. The smallest absolute Gasteiger partial charge is 0.310 e. The molecule has 4 rings (SSSR count). The summed E-state index contributed by atoms with van der Waals surface area (Å²) in [6.07, 6.45) is 2.17. The molecule has 2 atom stereocenters. The van der Waals surface area contributed by atoms with Gasteiger partial charge in [0, 0.05) is 19.6 Å². The lowest BCUT2D eigenvalue weighted by Crippen LogP contribution is -2.41. The number of amides is 1. The van der Waals surface area contributed by atoms with Crippen LogP contribution in [0.5, 0.6) is 0 Å². The Bertz CT molecular complexity index is 1220. The number of nitrogens with zero attached hydrogens (tertiary/aromatic N) is 4. The van der Waals surface area contributed by atoms with Crippen LogP contribution in [0.3, 0.4) is 0 Å². The SMILES string of the molecule is CCOC(=O)[C@@H]1CCCN(c2nc3ccccc3nc2[C@H](C#N)C(=O)NCCc2ccccc2)C1. The van der Waals surface area contributed by atoms with Gasteiger partial charge in [0.15, 0.2) is 11.7 Å². The second kappa shape index (κ2) is 11.4. The molecule has 0 radical (unpaired) electrons. The molecule has 0 bridgehead atoms. The predicted octanol–water partition coefficient (Wildman–Crippen LogP) is 3.38. The average molecular weight is 472 g/mol. The van der Waals surface area contributed by atoms with E-state index in [0.29, 0.717) is 55.2 Å². The molecule has 1 amide bonds. The predicted molar refractivity (Wildman–Crippen MR) is 133 cm³/mol. The van der Waals surface area contributed by atoms with Crippen LogP contribution in [-0.4, -0.2) is 48.1 Å². The molecule has 1 aliphatic heterocycles. The highest BCUT2D eigenvalue weighted by Gasteiger charge is 2.33. The number of benzene rings is 2. The third-order valence-electron chi connectivity index (χ3n) is 6.14. The summed E-state index contributed by atoms with van der Waals surface area (Å²) >= 11 is 0. The quantitative estimate of drug-likeness (QED) is 0.502. The van der Waals surface area contributed by atoms with Gasteiger partial charge in [-0.05, 0) is 43.9 Å². The van der Waals surface area contributed by atoms with E-state index in [1.807, 2.05) is 59.5 Å². The van der Waals surface area contributed by atoms with E-state index in [4.69, 9.17) is 14.7 Å². The van der Waals surface area contributed by atoms with Gasteiger partial charge in [0.05, 0.1) is 29.6 Å². The van der Waals surface area contributed by atoms with Crippen molar-refractivity contribution in [2.45, 2.75) is 32.1 Å². The highest BCUT2D eigenvalue weighted by Crippen LogP contribution is 2.30. The Morgan fingerprint density at radius 3 is 2.57 bits per heavy atom. The van der Waals surface area contributed by atoms with Gasteiger partial charge in [0.1, 0.15) is 5.69 Å². The number of aromatic nitrogens is 2. The summed E-state index contributed by atoms with van der Waals surface area (Å²) in [5.74, 6) is -1.58. The van der Waals surface area contributed by atoms with Crippen molar-refractivity contribution in [2.24, 2.45) is 5.92 Å². The molecule has 8 heteroatoms. The molecule has 0 saturated carbocycles. The number of fused-ring (bicyclic) bond motifs is 1. The van der Waals surface area contributed by atoms with Crippen LogP contribution in [0, 0.1) is 17.2 Å². The van der Waals surface area contributed by atoms with Crippen LogP contribution >= 0.6 is 0 Å². The van der Waals surface area contributed by atoms with Crippen molar-refractivity contribution in [2.75, 3.05) is 31.1 Å². The normalized spacial score (nSPS) is 16.3. The lowest BCUT2D eigenvalue weighted by atomic mass is 9.97. The summed E-state index contributed by atoms with van der Waals surface area (Å²) in [5.41, 5.74) is 2.70. The number of piperidine rings is 1. The van der Waals surface area contributed by atoms with Crippen LogP contribution in [0.1, 0.15) is 36.9 Å². The zero-order valence-corrected chi connectivity index (χ0v) is 19.8. The first kappa shape index (κ1) is 24.1. The van der Waals surface area contributed by atoms with Gasteiger partial charge in [-0.1, -0.05) is 42.5 Å². The number of ether oxygens (including phenoxy) is 1. The number of hydrogen-bond donors (Lipinski definition) is 1. The number of para-hydroxylation sites is 2. The lowest BCUT2D eigenvalue weighted by Gasteiger charge is -2.33. The number of anilines is 1. The first-order chi connectivity index (χ1) is 17.1. The Morgan fingerprint density at radius 1 is 1.14 bits per heavy atom. The molecular weight excluding hydrogens is 442 g/mol. The van der Waals surface area contributed by atoms with Gasteiger partial charge >= 0.3 is 5.97 Å². The number of nitriles is 1. The van der Waals surface area contributed by atoms with E-state index in [9.17, 15) is 14.9 Å². The summed E-state index contributed by atoms with van der Waals surface area (Å²) in [5, 5.41) is 12.9. The fourth-order valence-electron chi connectivity index (χ4n) is 4.37. The van der Waals surface area contributed by atoms with Crippen molar-refractivity contribution < 1.29 is 14.3 Å². The molecule has 180 valence electrons. The Balaban J connectivity index is 1.60. The minimum absolute atomic E-state index is 0.233. The van der Waals surface area contributed by atoms with Crippen molar-refractivity contribution in [3.8, 4) is 6.07 Å². The Labute approximate surface area is 204 Å². The van der Waals surface area contributed by atoms with E-state index in [-0.39, 0.29) is 11.9 Å². The van der Waals surface area contributed by atoms with Crippen LogP contribution < -0.4 is 10.2 Å². The zero-order valence-electron chi connectivity index (χ0n) is 19.8. The highest BCUT2D eigenvalue weighted by molar-refractivity contribution is 5.89. The van der Waals surface area contributed by atoms with Gasteiger partial charge < -0.3 is 15.0 Å². The van der Waals surface area contributed by atoms with Crippen LogP contribution in [0.2, 0.25) is 0 Å². The highest BCUT2D eigenvalue weighted by atomic mass is 16.5. The maximum absolute atomic E-state index is 13.1. The van der Waals surface area contributed by atoms with Gasteiger partial charge in [0.2, 0.25) is 5.91 Å². The van der Waals surface area contributed by atoms with Gasteiger partial charge in [-0.15, -0.1) is 0 Å². The first-order valence-corrected chi connectivity index (χ1v) is 12.0. The van der Waals surface area contributed by atoms with E-state index in [2.05, 4.69) is 11.4 Å². The molecule has 1 aliphatic rings. The van der Waals surface area contributed by atoms with Gasteiger partial charge in [-0.3, -0.25) is 9.59 Å². The monoisotopic (exact) mass is 471 g/mol. The van der Waals surface area contributed by atoms with Crippen molar-refractivity contribution in [3.05, 3.63) is 65.9 Å². The molecule has 1 N–H and O–H groups in total. The maximum Gasteiger partial charge on any atom is 0.310 e.